The number of rotatable bonds is 2. The molecule has 0 unspecified atom stereocenters. The Balaban J connectivity index is 2.17. The highest BCUT2D eigenvalue weighted by atomic mass is 16.7. The number of fused-ring (bicyclic) bond motifs is 4. The quantitative estimate of drug-likeness (QED) is 0.532. The fourth-order valence-electron chi connectivity index (χ4n) is 2.77. The first-order chi connectivity index (χ1) is 10.3. The van der Waals surface area contributed by atoms with Crippen LogP contribution in [0.15, 0.2) is 36.4 Å². The third kappa shape index (κ3) is 1.72. The third-order valence-electron chi connectivity index (χ3n) is 3.81. The van der Waals surface area contributed by atoms with Crippen molar-refractivity contribution < 1.29 is 19.0 Å². The second-order valence-corrected chi connectivity index (χ2v) is 4.92. The lowest BCUT2D eigenvalue weighted by Crippen LogP contribution is -1.92. The molecular weight excluding hydrogens is 268 g/mol. The van der Waals surface area contributed by atoms with E-state index in [1.54, 1.807) is 7.11 Å². The van der Waals surface area contributed by atoms with Crippen LogP contribution in [-0.4, -0.2) is 20.2 Å². The number of carbonyl (C=O) groups is 1. The summed E-state index contributed by atoms with van der Waals surface area (Å²) in [7, 11) is 1.64. The Hall–Kier alpha value is -2.75. The number of hydrogen-bond donors (Lipinski definition) is 0. The molecule has 0 aromatic heterocycles. The van der Waals surface area contributed by atoms with E-state index in [-0.39, 0.29) is 6.79 Å². The van der Waals surface area contributed by atoms with Gasteiger partial charge in [0.15, 0.2) is 17.8 Å². The molecule has 0 saturated carbocycles. The average Bonchev–Trinajstić information content (AvgIpc) is 2.99. The molecule has 3 aromatic carbocycles. The maximum Gasteiger partial charge on any atom is 0.231 e. The van der Waals surface area contributed by atoms with E-state index in [0.717, 1.165) is 33.6 Å². The summed E-state index contributed by atoms with van der Waals surface area (Å²) in [6.07, 6.45) is 0.869. The van der Waals surface area contributed by atoms with Crippen molar-refractivity contribution >= 4 is 27.8 Å². The summed E-state index contributed by atoms with van der Waals surface area (Å²) in [5, 5.41) is 3.82. The second kappa shape index (κ2) is 4.38. The van der Waals surface area contributed by atoms with Gasteiger partial charge in [-0.15, -0.1) is 0 Å². The Kier molecular flexibility index (Phi) is 2.51. The molecule has 0 radical (unpaired) electrons. The van der Waals surface area contributed by atoms with Gasteiger partial charge in [-0.3, -0.25) is 4.79 Å². The summed E-state index contributed by atoms with van der Waals surface area (Å²) < 4.78 is 16.1. The monoisotopic (exact) mass is 280 g/mol. The molecule has 1 aliphatic rings. The maximum atomic E-state index is 11.4. The van der Waals surface area contributed by atoms with Crippen LogP contribution in [0.3, 0.4) is 0 Å². The first-order valence-corrected chi connectivity index (χ1v) is 6.59. The molecule has 1 aliphatic heterocycles. The largest absolute Gasteiger partial charge is 0.497 e. The lowest BCUT2D eigenvalue weighted by molar-refractivity contribution is 0.112. The highest BCUT2D eigenvalue weighted by Crippen LogP contribution is 2.40. The van der Waals surface area contributed by atoms with Crippen molar-refractivity contribution in [2.75, 3.05) is 13.9 Å². The van der Waals surface area contributed by atoms with Crippen molar-refractivity contribution in [1.29, 1.82) is 0 Å². The Bertz CT molecular complexity index is 883. The summed E-state index contributed by atoms with van der Waals surface area (Å²) in [6, 6.07) is 11.5. The average molecular weight is 280 g/mol. The van der Waals surface area contributed by atoms with Gasteiger partial charge in [0.1, 0.15) is 5.75 Å². The van der Waals surface area contributed by atoms with E-state index in [1.807, 2.05) is 36.4 Å². The first-order valence-electron chi connectivity index (χ1n) is 6.59. The molecule has 4 heteroatoms. The van der Waals surface area contributed by atoms with Gasteiger partial charge in [0, 0.05) is 5.56 Å². The highest BCUT2D eigenvalue weighted by molar-refractivity contribution is 6.14. The minimum Gasteiger partial charge on any atom is -0.497 e. The SMILES string of the molecule is COc1ccc2cc(C=O)c3cc4c(cc3c2c1)OCO4. The Morgan fingerprint density at radius 1 is 1.00 bits per heavy atom. The summed E-state index contributed by atoms with van der Waals surface area (Å²) in [5.41, 5.74) is 0.640. The normalized spacial score (nSPS) is 12.8. The Morgan fingerprint density at radius 2 is 1.76 bits per heavy atom. The molecular formula is C17H12O4. The zero-order valence-corrected chi connectivity index (χ0v) is 11.4. The van der Waals surface area contributed by atoms with Crippen molar-refractivity contribution in [2.45, 2.75) is 0 Å². The van der Waals surface area contributed by atoms with Gasteiger partial charge in [-0.2, -0.15) is 0 Å². The zero-order valence-electron chi connectivity index (χ0n) is 11.4. The molecule has 21 heavy (non-hydrogen) atoms. The number of carbonyl (C=O) groups excluding carboxylic acids is 1. The van der Waals surface area contributed by atoms with E-state index < -0.39 is 0 Å². The van der Waals surface area contributed by atoms with Gasteiger partial charge in [0.05, 0.1) is 7.11 Å². The predicted octanol–water partition coefficient (Wildman–Crippen LogP) is 3.54. The molecule has 0 amide bonds. The first kappa shape index (κ1) is 12.0. The van der Waals surface area contributed by atoms with E-state index in [1.165, 1.54) is 0 Å². The minimum atomic E-state index is 0.212. The second-order valence-electron chi connectivity index (χ2n) is 4.92. The summed E-state index contributed by atoms with van der Waals surface area (Å²) >= 11 is 0. The minimum absolute atomic E-state index is 0.212. The predicted molar refractivity (Wildman–Crippen MR) is 79.5 cm³/mol. The smallest absolute Gasteiger partial charge is 0.231 e. The van der Waals surface area contributed by atoms with Gasteiger partial charge < -0.3 is 14.2 Å². The molecule has 4 nitrogen and oxygen atoms in total. The van der Waals surface area contributed by atoms with E-state index >= 15 is 0 Å². The van der Waals surface area contributed by atoms with Crippen LogP contribution in [0, 0.1) is 0 Å². The summed E-state index contributed by atoms with van der Waals surface area (Å²) in [4.78, 5) is 11.4. The number of methoxy groups -OCH3 is 1. The van der Waals surface area contributed by atoms with Crippen LogP contribution in [0.1, 0.15) is 10.4 Å². The van der Waals surface area contributed by atoms with Crippen LogP contribution in [0.2, 0.25) is 0 Å². The molecule has 0 spiro atoms. The molecule has 104 valence electrons. The van der Waals surface area contributed by atoms with Gasteiger partial charge in [-0.1, -0.05) is 6.07 Å². The van der Waals surface area contributed by atoms with Crippen molar-refractivity contribution in [3.63, 3.8) is 0 Å². The standard InChI is InChI=1S/C17H12O4/c1-19-12-3-2-10-4-11(8-18)14-6-16-17(21-9-20-16)7-15(14)13(10)5-12/h2-8H,9H2,1H3. The Morgan fingerprint density at radius 3 is 2.48 bits per heavy atom. The maximum absolute atomic E-state index is 11.4. The van der Waals surface area contributed by atoms with E-state index in [0.29, 0.717) is 17.1 Å². The molecule has 0 atom stereocenters. The van der Waals surface area contributed by atoms with Crippen molar-refractivity contribution in [1.82, 2.24) is 0 Å². The lowest BCUT2D eigenvalue weighted by Gasteiger charge is -2.09. The van der Waals surface area contributed by atoms with E-state index in [9.17, 15) is 4.79 Å². The van der Waals surface area contributed by atoms with Crippen LogP contribution >= 0.6 is 0 Å². The van der Waals surface area contributed by atoms with Crippen LogP contribution in [0.25, 0.3) is 21.5 Å². The fourth-order valence-corrected chi connectivity index (χ4v) is 2.77. The zero-order chi connectivity index (χ0) is 14.4. The number of benzene rings is 3. The summed E-state index contributed by atoms with van der Waals surface area (Å²) in [5.74, 6) is 2.16. The number of hydrogen-bond acceptors (Lipinski definition) is 4. The molecule has 0 saturated heterocycles. The van der Waals surface area contributed by atoms with Gasteiger partial charge in [0.2, 0.25) is 6.79 Å². The molecule has 4 rings (SSSR count). The lowest BCUT2D eigenvalue weighted by atomic mass is 9.97. The van der Waals surface area contributed by atoms with Crippen LogP contribution < -0.4 is 14.2 Å². The number of aldehydes is 1. The van der Waals surface area contributed by atoms with E-state index in [4.69, 9.17) is 14.2 Å². The molecule has 0 aliphatic carbocycles. The molecule has 0 fully saturated rings. The van der Waals surface area contributed by atoms with Crippen LogP contribution in [0.4, 0.5) is 0 Å². The van der Waals surface area contributed by atoms with Gasteiger partial charge in [-0.25, -0.2) is 0 Å². The molecule has 1 heterocycles. The van der Waals surface area contributed by atoms with E-state index in [2.05, 4.69) is 0 Å². The van der Waals surface area contributed by atoms with Gasteiger partial charge >= 0.3 is 0 Å². The van der Waals surface area contributed by atoms with Crippen LogP contribution in [-0.2, 0) is 0 Å². The highest BCUT2D eigenvalue weighted by Gasteiger charge is 2.17. The Labute approximate surface area is 120 Å². The van der Waals surface area contributed by atoms with Crippen molar-refractivity contribution in [3.05, 3.63) is 42.0 Å². The van der Waals surface area contributed by atoms with Crippen LogP contribution in [0.5, 0.6) is 17.2 Å². The summed E-state index contributed by atoms with van der Waals surface area (Å²) in [6.45, 7) is 0.212. The fraction of sp³-hybridized carbons (Fsp3) is 0.118. The molecule has 0 N–H and O–H groups in total. The topological polar surface area (TPSA) is 44.8 Å². The van der Waals surface area contributed by atoms with Gasteiger partial charge in [-0.05, 0) is 51.9 Å². The van der Waals surface area contributed by atoms with Crippen molar-refractivity contribution in [3.8, 4) is 17.2 Å². The molecule has 0 bridgehead atoms. The van der Waals surface area contributed by atoms with Gasteiger partial charge in [0.25, 0.3) is 0 Å². The van der Waals surface area contributed by atoms with Crippen molar-refractivity contribution in [2.24, 2.45) is 0 Å². The third-order valence-corrected chi connectivity index (χ3v) is 3.81. The number of ether oxygens (including phenoxy) is 3. The molecule has 3 aromatic rings.